The third-order valence-corrected chi connectivity index (χ3v) is 5.32. The van der Waals surface area contributed by atoms with Crippen LogP contribution in [0.2, 0.25) is 0 Å². The first-order chi connectivity index (χ1) is 15.5. The summed E-state index contributed by atoms with van der Waals surface area (Å²) in [6.07, 6.45) is 6.10. The first-order valence-corrected chi connectivity index (χ1v) is 10.7. The molecule has 1 aliphatic heterocycles. The Morgan fingerprint density at radius 3 is 2.88 bits per heavy atom. The van der Waals surface area contributed by atoms with Crippen molar-refractivity contribution in [3.05, 3.63) is 48.4 Å². The van der Waals surface area contributed by atoms with Crippen LogP contribution in [0.15, 0.2) is 42.7 Å². The van der Waals surface area contributed by atoms with Gasteiger partial charge in [-0.15, -0.1) is 0 Å². The van der Waals surface area contributed by atoms with Gasteiger partial charge in [-0.3, -0.25) is 4.98 Å². The molecule has 1 aliphatic rings. The summed E-state index contributed by atoms with van der Waals surface area (Å²) in [6.45, 7) is 8.10. The molecule has 4 rings (SSSR count). The predicted octanol–water partition coefficient (Wildman–Crippen LogP) is 3.65. The lowest BCUT2D eigenvalue weighted by molar-refractivity contribution is 0.0986. The molecule has 3 aromatic rings. The van der Waals surface area contributed by atoms with Crippen molar-refractivity contribution in [3.63, 3.8) is 0 Å². The van der Waals surface area contributed by atoms with E-state index in [4.69, 9.17) is 25.6 Å². The SMILES string of the molecule is CC(C)Oc1ncccc1-c1cc(N2CCOC[C@H]2C)nc2c(/C(N)=C/C=N)nccc12. The van der Waals surface area contributed by atoms with Crippen LogP contribution in [0.1, 0.15) is 26.5 Å². The molecule has 0 aliphatic carbocycles. The zero-order valence-corrected chi connectivity index (χ0v) is 18.6. The normalized spacial score (nSPS) is 17.1. The maximum atomic E-state index is 7.41. The molecule has 0 saturated carbocycles. The smallest absolute Gasteiger partial charge is 0.221 e. The molecule has 32 heavy (non-hydrogen) atoms. The van der Waals surface area contributed by atoms with E-state index in [0.29, 0.717) is 36.0 Å². The van der Waals surface area contributed by atoms with E-state index >= 15 is 0 Å². The van der Waals surface area contributed by atoms with Crippen molar-refractivity contribution < 1.29 is 9.47 Å². The van der Waals surface area contributed by atoms with Gasteiger partial charge in [0.15, 0.2) is 0 Å². The summed E-state index contributed by atoms with van der Waals surface area (Å²) in [5.41, 5.74) is 9.68. The highest BCUT2D eigenvalue weighted by molar-refractivity contribution is 6.01. The highest BCUT2D eigenvalue weighted by atomic mass is 16.5. The minimum absolute atomic E-state index is 0.0149. The fourth-order valence-electron chi connectivity index (χ4n) is 3.87. The van der Waals surface area contributed by atoms with Gasteiger partial charge in [-0.25, -0.2) is 9.97 Å². The zero-order valence-electron chi connectivity index (χ0n) is 18.6. The number of nitrogens with one attached hydrogen (secondary N) is 1. The molecule has 0 spiro atoms. The number of aromatic nitrogens is 3. The number of anilines is 1. The molecule has 4 heterocycles. The zero-order chi connectivity index (χ0) is 22.7. The average Bonchev–Trinajstić information content (AvgIpc) is 2.78. The van der Waals surface area contributed by atoms with Crippen LogP contribution in [0.25, 0.3) is 27.7 Å². The van der Waals surface area contributed by atoms with Crippen LogP contribution in [-0.4, -0.2) is 53.1 Å². The Morgan fingerprint density at radius 1 is 1.28 bits per heavy atom. The van der Waals surface area contributed by atoms with Crippen LogP contribution in [0, 0.1) is 5.41 Å². The second kappa shape index (κ2) is 9.32. The number of hydrogen-bond donors (Lipinski definition) is 2. The molecule has 1 fully saturated rings. The van der Waals surface area contributed by atoms with Crippen LogP contribution in [0.3, 0.4) is 0 Å². The first-order valence-electron chi connectivity index (χ1n) is 10.7. The molecular formula is C24H28N6O2. The van der Waals surface area contributed by atoms with Gasteiger partial charge in [-0.05, 0) is 51.1 Å². The average molecular weight is 433 g/mol. The van der Waals surface area contributed by atoms with Gasteiger partial charge >= 0.3 is 0 Å². The van der Waals surface area contributed by atoms with E-state index in [1.165, 1.54) is 6.08 Å². The van der Waals surface area contributed by atoms with Crippen molar-refractivity contribution in [1.29, 1.82) is 5.41 Å². The van der Waals surface area contributed by atoms with Gasteiger partial charge in [0.25, 0.3) is 0 Å². The molecule has 8 nitrogen and oxygen atoms in total. The number of rotatable bonds is 6. The molecular weight excluding hydrogens is 404 g/mol. The summed E-state index contributed by atoms with van der Waals surface area (Å²) in [6, 6.07) is 8.09. The van der Waals surface area contributed by atoms with Crippen molar-refractivity contribution in [3.8, 4) is 17.0 Å². The summed E-state index contributed by atoms with van der Waals surface area (Å²) in [7, 11) is 0. The number of pyridine rings is 3. The standard InChI is InChI=1S/C24H28N6O2/c1-15(2)32-24-18(5-4-9-28-24)19-13-21(30-11-12-31-14-16(30)3)29-22-17(19)7-10-27-23(22)20(26)6-8-25/h4-10,13,15-16,25H,11-12,14,26H2,1-3H3/b20-6-,25-8?/t16-/m1/s1. The minimum atomic E-state index is -0.0149. The quantitative estimate of drug-likeness (QED) is 0.572. The highest BCUT2D eigenvalue weighted by Crippen LogP contribution is 2.37. The third-order valence-electron chi connectivity index (χ3n) is 5.32. The fourth-order valence-corrected chi connectivity index (χ4v) is 3.87. The molecule has 3 N–H and O–H groups in total. The number of nitrogens with zero attached hydrogens (tertiary/aromatic N) is 4. The lowest BCUT2D eigenvalue weighted by atomic mass is 10.0. The van der Waals surface area contributed by atoms with Crippen LogP contribution >= 0.6 is 0 Å². The third kappa shape index (κ3) is 4.27. The Balaban J connectivity index is 2.01. The van der Waals surface area contributed by atoms with E-state index in [1.54, 1.807) is 12.4 Å². The number of ether oxygens (including phenoxy) is 2. The van der Waals surface area contributed by atoms with Crippen molar-refractivity contribution in [2.75, 3.05) is 24.7 Å². The Kier molecular flexibility index (Phi) is 6.32. The lowest BCUT2D eigenvalue weighted by Crippen LogP contribution is -2.44. The van der Waals surface area contributed by atoms with E-state index in [2.05, 4.69) is 27.9 Å². The Labute approximate surface area is 187 Å². The van der Waals surface area contributed by atoms with Crippen molar-refractivity contribution in [1.82, 2.24) is 15.0 Å². The molecule has 0 amide bonds. The second-order valence-electron chi connectivity index (χ2n) is 8.01. The van der Waals surface area contributed by atoms with Crippen LogP contribution < -0.4 is 15.4 Å². The van der Waals surface area contributed by atoms with Gasteiger partial charge in [-0.2, -0.15) is 0 Å². The van der Waals surface area contributed by atoms with Gasteiger partial charge in [0.1, 0.15) is 17.0 Å². The molecule has 1 atom stereocenters. The van der Waals surface area contributed by atoms with Gasteiger partial charge in [0, 0.05) is 41.7 Å². The number of morpholine rings is 1. The Bertz CT molecular complexity index is 1160. The number of nitrogens with two attached hydrogens (primary N) is 1. The van der Waals surface area contributed by atoms with E-state index in [1.807, 2.05) is 32.0 Å². The predicted molar refractivity (Wildman–Crippen MR) is 127 cm³/mol. The number of allylic oxidation sites excluding steroid dienone is 1. The van der Waals surface area contributed by atoms with E-state index < -0.39 is 0 Å². The van der Waals surface area contributed by atoms with Crippen LogP contribution in [-0.2, 0) is 4.74 Å². The maximum Gasteiger partial charge on any atom is 0.221 e. The molecule has 166 valence electrons. The summed E-state index contributed by atoms with van der Waals surface area (Å²) < 4.78 is 11.7. The summed E-state index contributed by atoms with van der Waals surface area (Å²) in [5.74, 6) is 1.39. The molecule has 0 aromatic carbocycles. The molecule has 0 bridgehead atoms. The fraction of sp³-hybridized carbons (Fsp3) is 0.333. The van der Waals surface area contributed by atoms with E-state index in [0.717, 1.165) is 35.1 Å². The molecule has 8 heteroatoms. The summed E-state index contributed by atoms with van der Waals surface area (Å²) in [4.78, 5) is 16.2. The lowest BCUT2D eigenvalue weighted by Gasteiger charge is -2.34. The molecule has 0 radical (unpaired) electrons. The largest absolute Gasteiger partial charge is 0.475 e. The van der Waals surface area contributed by atoms with E-state index in [9.17, 15) is 0 Å². The molecule has 1 saturated heterocycles. The van der Waals surface area contributed by atoms with Gasteiger partial charge in [0.05, 0.1) is 31.1 Å². The van der Waals surface area contributed by atoms with Crippen molar-refractivity contribution in [2.24, 2.45) is 5.73 Å². The Morgan fingerprint density at radius 2 is 2.12 bits per heavy atom. The maximum absolute atomic E-state index is 7.41. The van der Waals surface area contributed by atoms with Crippen molar-refractivity contribution in [2.45, 2.75) is 32.9 Å². The van der Waals surface area contributed by atoms with Gasteiger partial charge in [-0.1, -0.05) is 0 Å². The molecule has 3 aromatic heterocycles. The van der Waals surface area contributed by atoms with Crippen molar-refractivity contribution >= 4 is 28.6 Å². The number of hydrogen-bond acceptors (Lipinski definition) is 8. The summed E-state index contributed by atoms with van der Waals surface area (Å²) >= 11 is 0. The van der Waals surface area contributed by atoms with Gasteiger partial charge < -0.3 is 25.5 Å². The highest BCUT2D eigenvalue weighted by Gasteiger charge is 2.24. The Hall–Kier alpha value is -3.52. The molecule has 0 unspecified atom stereocenters. The topological polar surface area (TPSA) is 110 Å². The first kappa shape index (κ1) is 21.7. The van der Waals surface area contributed by atoms with Gasteiger partial charge in [0.2, 0.25) is 5.88 Å². The monoisotopic (exact) mass is 432 g/mol. The van der Waals surface area contributed by atoms with Crippen LogP contribution in [0.4, 0.5) is 5.82 Å². The minimum Gasteiger partial charge on any atom is -0.475 e. The summed E-state index contributed by atoms with van der Waals surface area (Å²) in [5, 5.41) is 8.30. The van der Waals surface area contributed by atoms with Crippen LogP contribution in [0.5, 0.6) is 5.88 Å². The second-order valence-corrected chi connectivity index (χ2v) is 8.01. The number of fused-ring (bicyclic) bond motifs is 1. The van der Waals surface area contributed by atoms with E-state index in [-0.39, 0.29) is 12.1 Å².